The third-order valence-corrected chi connectivity index (χ3v) is 0.500. The van der Waals surface area contributed by atoms with Crippen molar-refractivity contribution < 1.29 is 25.8 Å². The SMILES string of the molecule is CCC[NH-].CCC[NH-].[Hf]. The molecule has 0 aliphatic carbocycles. The van der Waals surface area contributed by atoms with Gasteiger partial charge >= 0.3 is 0 Å². The summed E-state index contributed by atoms with van der Waals surface area (Å²) >= 11 is 0. The molecule has 0 saturated carbocycles. The van der Waals surface area contributed by atoms with Crippen LogP contribution in [0.15, 0.2) is 0 Å². The summed E-state index contributed by atoms with van der Waals surface area (Å²) in [5, 5.41) is 0. The Morgan fingerprint density at radius 3 is 1.00 bits per heavy atom. The summed E-state index contributed by atoms with van der Waals surface area (Å²) in [5.41, 5.74) is 12.9. The molecule has 56 valence electrons. The maximum absolute atomic E-state index is 6.45. The van der Waals surface area contributed by atoms with E-state index < -0.39 is 0 Å². The zero-order valence-electron chi connectivity index (χ0n) is 6.33. The third-order valence-electron chi connectivity index (χ3n) is 0.500. The van der Waals surface area contributed by atoms with Crippen LogP contribution in [-0.2, 0) is 25.8 Å². The predicted molar refractivity (Wildman–Crippen MR) is 39.0 cm³/mol. The van der Waals surface area contributed by atoms with Crippen molar-refractivity contribution in [3.63, 3.8) is 0 Å². The predicted octanol–water partition coefficient (Wildman–Crippen LogP) is 2.89. The second-order valence-corrected chi connectivity index (χ2v) is 1.50. The van der Waals surface area contributed by atoms with E-state index in [-0.39, 0.29) is 25.8 Å². The molecule has 0 unspecified atom stereocenters. The minimum Gasteiger partial charge on any atom is -0.677 e. The van der Waals surface area contributed by atoms with Crippen LogP contribution in [0.2, 0.25) is 0 Å². The van der Waals surface area contributed by atoms with Crippen molar-refractivity contribution in [3.05, 3.63) is 11.5 Å². The normalized spacial score (nSPS) is 6.67. The Balaban J connectivity index is -0.0000000720. The van der Waals surface area contributed by atoms with Gasteiger partial charge < -0.3 is 11.5 Å². The minimum absolute atomic E-state index is 0. The van der Waals surface area contributed by atoms with Gasteiger partial charge in [0, 0.05) is 25.8 Å². The molecule has 0 heterocycles. The minimum atomic E-state index is 0. The fraction of sp³-hybridized carbons (Fsp3) is 1.00. The zero-order chi connectivity index (χ0) is 6.83. The Labute approximate surface area is 77.2 Å². The quantitative estimate of drug-likeness (QED) is 0.703. The van der Waals surface area contributed by atoms with E-state index in [0.717, 1.165) is 12.8 Å². The van der Waals surface area contributed by atoms with Crippen molar-refractivity contribution in [2.75, 3.05) is 13.1 Å². The van der Waals surface area contributed by atoms with Crippen LogP contribution in [0.1, 0.15) is 26.7 Å². The van der Waals surface area contributed by atoms with Crippen LogP contribution in [0.4, 0.5) is 0 Å². The summed E-state index contributed by atoms with van der Waals surface area (Å²) in [5.74, 6) is 0. The molecule has 0 aliphatic rings. The van der Waals surface area contributed by atoms with Gasteiger partial charge in [-0.05, 0) is 0 Å². The average Bonchev–Trinajstić information content (AvgIpc) is 1.88. The topological polar surface area (TPSA) is 47.6 Å². The summed E-state index contributed by atoms with van der Waals surface area (Å²) in [4.78, 5) is 0. The van der Waals surface area contributed by atoms with Crippen LogP contribution in [0.3, 0.4) is 0 Å². The van der Waals surface area contributed by atoms with Crippen LogP contribution < -0.4 is 0 Å². The first-order chi connectivity index (χ1) is 3.83. The van der Waals surface area contributed by atoms with Crippen molar-refractivity contribution in [1.29, 1.82) is 0 Å². The van der Waals surface area contributed by atoms with Crippen LogP contribution in [0.5, 0.6) is 0 Å². The largest absolute Gasteiger partial charge is 0.677 e. The number of nitrogens with one attached hydrogen (secondary N) is 2. The number of hydrogen-bond donors (Lipinski definition) is 0. The number of rotatable bonds is 2. The third kappa shape index (κ3) is 52.1. The molecule has 9 heavy (non-hydrogen) atoms. The van der Waals surface area contributed by atoms with E-state index in [9.17, 15) is 0 Å². The Hall–Kier alpha value is 0.790. The van der Waals surface area contributed by atoms with E-state index >= 15 is 0 Å². The fourth-order valence-corrected chi connectivity index (χ4v) is 0. The maximum atomic E-state index is 6.45. The molecule has 3 heteroatoms. The standard InChI is InChI=1S/2C3H8N.Hf/c2*1-2-3-4;/h2*4H,2-3H2,1H3;/q2*-1;. The van der Waals surface area contributed by atoms with Gasteiger partial charge in [0.25, 0.3) is 0 Å². The Bertz CT molecular complexity index is 19.0. The molecule has 0 bridgehead atoms. The van der Waals surface area contributed by atoms with Crippen molar-refractivity contribution in [2.24, 2.45) is 0 Å². The van der Waals surface area contributed by atoms with Gasteiger partial charge in [-0.15, -0.1) is 0 Å². The van der Waals surface area contributed by atoms with Gasteiger partial charge in [0.1, 0.15) is 0 Å². The van der Waals surface area contributed by atoms with E-state index in [1.807, 2.05) is 13.8 Å². The van der Waals surface area contributed by atoms with Gasteiger partial charge in [0.2, 0.25) is 0 Å². The molecule has 2 nitrogen and oxygen atoms in total. The van der Waals surface area contributed by atoms with Gasteiger partial charge in [0.15, 0.2) is 0 Å². The molecule has 2 N–H and O–H groups in total. The fourth-order valence-electron chi connectivity index (χ4n) is 0. The zero-order valence-corrected chi connectivity index (χ0v) is 9.92. The molecule has 0 fully saturated rings. The Kier molecular flexibility index (Phi) is 42.4. The first-order valence-electron chi connectivity index (χ1n) is 3.12. The smallest absolute Gasteiger partial charge is 0 e. The van der Waals surface area contributed by atoms with Crippen LogP contribution in [0, 0.1) is 0 Å². The van der Waals surface area contributed by atoms with Gasteiger partial charge in [-0.25, -0.2) is 0 Å². The maximum Gasteiger partial charge on any atom is 0 e. The van der Waals surface area contributed by atoms with E-state index in [1.165, 1.54) is 0 Å². The average molecular weight is 295 g/mol. The first kappa shape index (κ1) is 16.4. The molecule has 0 amide bonds. The molecule has 0 rings (SSSR count). The summed E-state index contributed by atoms with van der Waals surface area (Å²) in [6.45, 7) is 5.12. The van der Waals surface area contributed by atoms with Crippen molar-refractivity contribution in [1.82, 2.24) is 0 Å². The van der Waals surface area contributed by atoms with Gasteiger partial charge in [-0.1, -0.05) is 26.7 Å². The summed E-state index contributed by atoms with van der Waals surface area (Å²) in [6, 6.07) is 0. The van der Waals surface area contributed by atoms with E-state index in [0.29, 0.717) is 13.1 Å². The Morgan fingerprint density at radius 2 is 1.00 bits per heavy atom. The molecule has 0 aromatic carbocycles. The molecule has 0 aromatic rings. The van der Waals surface area contributed by atoms with E-state index in [1.54, 1.807) is 0 Å². The van der Waals surface area contributed by atoms with Gasteiger partial charge in [-0.3, -0.25) is 0 Å². The van der Waals surface area contributed by atoms with Crippen molar-refractivity contribution in [3.8, 4) is 0 Å². The van der Waals surface area contributed by atoms with Crippen molar-refractivity contribution >= 4 is 0 Å². The van der Waals surface area contributed by atoms with Crippen molar-refractivity contribution in [2.45, 2.75) is 26.7 Å². The van der Waals surface area contributed by atoms with E-state index in [2.05, 4.69) is 0 Å². The molecule has 0 spiro atoms. The summed E-state index contributed by atoms with van der Waals surface area (Å²) in [6.07, 6.45) is 1.97. The summed E-state index contributed by atoms with van der Waals surface area (Å²) < 4.78 is 0. The molecule has 0 radical (unpaired) electrons. The molecule has 0 aromatic heterocycles. The first-order valence-corrected chi connectivity index (χ1v) is 3.12. The van der Waals surface area contributed by atoms with Crippen LogP contribution in [0.25, 0.3) is 11.5 Å². The Morgan fingerprint density at radius 1 is 0.889 bits per heavy atom. The van der Waals surface area contributed by atoms with Gasteiger partial charge in [-0.2, -0.15) is 13.1 Å². The van der Waals surface area contributed by atoms with Crippen LogP contribution >= 0.6 is 0 Å². The molecule has 0 saturated heterocycles. The van der Waals surface area contributed by atoms with Crippen LogP contribution in [-0.4, -0.2) is 13.1 Å². The second kappa shape index (κ2) is 23.2. The summed E-state index contributed by atoms with van der Waals surface area (Å²) in [7, 11) is 0. The molecule has 0 aliphatic heterocycles. The monoisotopic (exact) mass is 296 g/mol. The molecular formula is C6H16HfN2-2. The van der Waals surface area contributed by atoms with E-state index in [4.69, 9.17) is 11.5 Å². The van der Waals surface area contributed by atoms with Gasteiger partial charge in [0.05, 0.1) is 0 Å². The number of hydrogen-bond acceptors (Lipinski definition) is 0. The molecular weight excluding hydrogens is 279 g/mol. The second-order valence-electron chi connectivity index (χ2n) is 1.50. The molecule has 0 atom stereocenters.